The number of aliphatic carboxylic acids is 1. The van der Waals surface area contributed by atoms with Gasteiger partial charge in [0.1, 0.15) is 5.75 Å². The molecule has 2 aromatic rings. The van der Waals surface area contributed by atoms with Crippen molar-refractivity contribution in [2.24, 2.45) is 5.92 Å². The quantitative estimate of drug-likeness (QED) is 0.334. The number of methoxy groups -OCH3 is 1. The first-order chi connectivity index (χ1) is 17.5. The molecule has 2 fully saturated rings. The third-order valence-corrected chi connectivity index (χ3v) is 7.20. The predicted octanol–water partition coefficient (Wildman–Crippen LogP) is 6.08. The van der Waals surface area contributed by atoms with E-state index in [-0.39, 0.29) is 12.3 Å². The summed E-state index contributed by atoms with van der Waals surface area (Å²) < 4.78 is 16.7. The number of ether oxygens (including phenoxy) is 3. The molecule has 196 valence electrons. The number of anilines is 3. The summed E-state index contributed by atoms with van der Waals surface area (Å²) in [5.41, 5.74) is 3.86. The Bertz CT molecular complexity index is 1020. The second-order valence-electron chi connectivity index (χ2n) is 9.67. The fourth-order valence-corrected chi connectivity index (χ4v) is 5.04. The van der Waals surface area contributed by atoms with Crippen LogP contribution in [0.3, 0.4) is 0 Å². The zero-order chi connectivity index (χ0) is 25.5. The van der Waals surface area contributed by atoms with Crippen molar-refractivity contribution in [2.45, 2.75) is 51.0 Å². The lowest BCUT2D eigenvalue weighted by Crippen LogP contribution is -2.41. The molecule has 1 unspecified atom stereocenters. The van der Waals surface area contributed by atoms with E-state index in [0.29, 0.717) is 35.9 Å². The van der Waals surface area contributed by atoms with Gasteiger partial charge in [0.2, 0.25) is 0 Å². The maximum absolute atomic E-state index is 11.6. The molecular formula is C28H37ClN2O5. The Balaban J connectivity index is 1.73. The summed E-state index contributed by atoms with van der Waals surface area (Å²) in [7, 11) is 1.61. The Labute approximate surface area is 218 Å². The number of carboxylic acid groups (broad SMARTS) is 1. The molecule has 0 spiro atoms. The van der Waals surface area contributed by atoms with Crippen LogP contribution in [0, 0.1) is 5.92 Å². The molecule has 7 nitrogen and oxygen atoms in total. The van der Waals surface area contributed by atoms with Gasteiger partial charge in [-0.15, -0.1) is 0 Å². The highest BCUT2D eigenvalue weighted by Gasteiger charge is 2.31. The Morgan fingerprint density at radius 1 is 1.19 bits per heavy atom. The van der Waals surface area contributed by atoms with Crippen LogP contribution in [0.2, 0.25) is 5.02 Å². The van der Waals surface area contributed by atoms with E-state index in [4.69, 9.17) is 25.8 Å². The lowest BCUT2D eigenvalue weighted by molar-refractivity contribution is -0.137. The second kappa shape index (κ2) is 12.7. The van der Waals surface area contributed by atoms with Crippen molar-refractivity contribution >= 4 is 34.6 Å². The molecule has 0 radical (unpaired) electrons. The van der Waals surface area contributed by atoms with E-state index in [9.17, 15) is 9.90 Å². The molecule has 0 aromatic heterocycles. The number of hydrogen-bond donors (Lipinski definition) is 2. The van der Waals surface area contributed by atoms with Gasteiger partial charge in [0.05, 0.1) is 36.0 Å². The summed E-state index contributed by atoms with van der Waals surface area (Å²) >= 11 is 6.33. The van der Waals surface area contributed by atoms with Crippen molar-refractivity contribution in [3.05, 3.63) is 47.0 Å². The largest absolute Gasteiger partial charge is 0.492 e. The van der Waals surface area contributed by atoms with Gasteiger partial charge in [-0.25, -0.2) is 0 Å². The molecule has 1 saturated carbocycles. The van der Waals surface area contributed by atoms with Gasteiger partial charge in [-0.3, -0.25) is 4.79 Å². The average molecular weight is 517 g/mol. The van der Waals surface area contributed by atoms with Crippen LogP contribution in [-0.2, 0) is 14.3 Å². The number of rotatable bonds is 13. The number of nitrogens with zero attached hydrogens (tertiary/aromatic N) is 1. The first-order valence-corrected chi connectivity index (χ1v) is 13.2. The summed E-state index contributed by atoms with van der Waals surface area (Å²) in [6.45, 7) is 5.36. The summed E-state index contributed by atoms with van der Waals surface area (Å²) in [5, 5.41) is 13.7. The number of halogens is 1. The molecule has 2 N–H and O–H groups in total. The van der Waals surface area contributed by atoms with Gasteiger partial charge >= 0.3 is 5.97 Å². The van der Waals surface area contributed by atoms with Crippen LogP contribution in [0.25, 0.3) is 0 Å². The fourth-order valence-electron chi connectivity index (χ4n) is 4.87. The van der Waals surface area contributed by atoms with Crippen molar-refractivity contribution in [3.8, 4) is 5.75 Å². The maximum Gasteiger partial charge on any atom is 0.304 e. The Kier molecular flexibility index (Phi) is 9.35. The van der Waals surface area contributed by atoms with Crippen molar-refractivity contribution in [1.82, 2.24) is 0 Å². The normalized spacial score (nSPS) is 17.0. The topological polar surface area (TPSA) is 80.3 Å². The minimum atomic E-state index is -0.841. The lowest BCUT2D eigenvalue weighted by Gasteiger charge is -2.38. The smallest absolute Gasteiger partial charge is 0.304 e. The molecule has 1 heterocycles. The van der Waals surface area contributed by atoms with Gasteiger partial charge in [-0.1, -0.05) is 17.7 Å². The van der Waals surface area contributed by atoms with Crippen LogP contribution in [-0.4, -0.2) is 57.2 Å². The minimum absolute atomic E-state index is 0.00775. The van der Waals surface area contributed by atoms with Crippen molar-refractivity contribution < 1.29 is 24.1 Å². The van der Waals surface area contributed by atoms with E-state index < -0.39 is 5.97 Å². The first-order valence-electron chi connectivity index (χ1n) is 12.9. The van der Waals surface area contributed by atoms with Gasteiger partial charge in [0, 0.05) is 50.6 Å². The summed E-state index contributed by atoms with van der Waals surface area (Å²) in [4.78, 5) is 14.1. The Hall–Kier alpha value is -2.48. The number of hydrogen-bond acceptors (Lipinski definition) is 6. The fraction of sp³-hybridized carbons (Fsp3) is 0.536. The SMILES string of the molecule is CCOc1cc(Nc2cc(C(COC)CC(=O)O)ccc2N(CC2CC2)C2CCOCC2)ccc1Cl. The summed E-state index contributed by atoms with van der Waals surface area (Å²) in [5.74, 6) is 0.261. The van der Waals surface area contributed by atoms with Gasteiger partial charge in [0.15, 0.2) is 0 Å². The van der Waals surface area contributed by atoms with Crippen LogP contribution in [0.15, 0.2) is 36.4 Å². The molecule has 2 aliphatic rings. The van der Waals surface area contributed by atoms with Crippen molar-refractivity contribution in [3.63, 3.8) is 0 Å². The van der Waals surface area contributed by atoms with Crippen LogP contribution < -0.4 is 15.0 Å². The van der Waals surface area contributed by atoms with Gasteiger partial charge in [-0.2, -0.15) is 0 Å². The van der Waals surface area contributed by atoms with Gasteiger partial charge in [0.25, 0.3) is 0 Å². The monoisotopic (exact) mass is 516 g/mol. The van der Waals surface area contributed by atoms with E-state index >= 15 is 0 Å². The Morgan fingerprint density at radius 3 is 2.64 bits per heavy atom. The highest BCUT2D eigenvalue weighted by molar-refractivity contribution is 6.32. The van der Waals surface area contributed by atoms with E-state index in [1.165, 1.54) is 12.8 Å². The van der Waals surface area contributed by atoms with Crippen LogP contribution in [0.5, 0.6) is 5.75 Å². The molecule has 2 aromatic carbocycles. The number of nitrogens with one attached hydrogen (secondary N) is 1. The standard InChI is InChI=1S/C28H37ClN2O5/c1-3-36-27-16-22(7-8-24(27)29)30-25-14-20(21(18-34-2)15-28(32)33)6-9-26(25)31(17-19-4-5-19)23-10-12-35-13-11-23/h6-9,14,16,19,21,23,30H,3-5,10-13,15,17-18H2,1-2H3,(H,32,33). The number of carbonyl (C=O) groups is 1. The zero-order valence-electron chi connectivity index (χ0n) is 21.2. The molecule has 4 rings (SSSR count). The molecule has 0 amide bonds. The molecule has 1 aliphatic heterocycles. The van der Waals surface area contributed by atoms with Crippen LogP contribution >= 0.6 is 11.6 Å². The van der Waals surface area contributed by atoms with Crippen molar-refractivity contribution in [2.75, 3.05) is 50.3 Å². The maximum atomic E-state index is 11.6. The summed E-state index contributed by atoms with van der Waals surface area (Å²) in [6, 6.07) is 12.4. The lowest BCUT2D eigenvalue weighted by atomic mass is 9.94. The second-order valence-corrected chi connectivity index (χ2v) is 10.1. The highest BCUT2D eigenvalue weighted by atomic mass is 35.5. The average Bonchev–Trinajstić information content (AvgIpc) is 3.69. The molecule has 8 heteroatoms. The van der Waals surface area contributed by atoms with Gasteiger partial charge < -0.3 is 29.5 Å². The third kappa shape index (κ3) is 7.05. The molecule has 0 bridgehead atoms. The van der Waals surface area contributed by atoms with E-state index in [1.807, 2.05) is 25.1 Å². The van der Waals surface area contributed by atoms with E-state index in [2.05, 4.69) is 28.4 Å². The third-order valence-electron chi connectivity index (χ3n) is 6.88. The van der Waals surface area contributed by atoms with E-state index in [0.717, 1.165) is 55.2 Å². The first kappa shape index (κ1) is 26.6. The molecule has 1 atom stereocenters. The molecule has 1 aliphatic carbocycles. The molecular weight excluding hydrogens is 480 g/mol. The predicted molar refractivity (Wildman–Crippen MR) is 143 cm³/mol. The van der Waals surface area contributed by atoms with Crippen LogP contribution in [0.4, 0.5) is 17.1 Å². The Morgan fingerprint density at radius 2 is 1.97 bits per heavy atom. The highest BCUT2D eigenvalue weighted by Crippen LogP contribution is 2.40. The van der Waals surface area contributed by atoms with Crippen LogP contribution in [0.1, 0.15) is 50.5 Å². The molecule has 36 heavy (non-hydrogen) atoms. The molecule has 1 saturated heterocycles. The number of carboxylic acids is 1. The number of benzene rings is 2. The van der Waals surface area contributed by atoms with E-state index in [1.54, 1.807) is 7.11 Å². The van der Waals surface area contributed by atoms with Crippen molar-refractivity contribution in [1.29, 1.82) is 0 Å². The summed E-state index contributed by atoms with van der Waals surface area (Å²) in [6.07, 6.45) is 4.53. The van der Waals surface area contributed by atoms with Gasteiger partial charge in [-0.05, 0) is 68.4 Å². The zero-order valence-corrected chi connectivity index (χ0v) is 21.9. The minimum Gasteiger partial charge on any atom is -0.492 e.